The number of H-pyrrole nitrogens is 1. The van der Waals surface area contributed by atoms with E-state index in [0.717, 1.165) is 40.8 Å². The minimum atomic E-state index is 0.209. The van der Waals surface area contributed by atoms with Gasteiger partial charge in [0.2, 0.25) is 0 Å². The maximum atomic E-state index is 5.83. The quantitative estimate of drug-likeness (QED) is 0.750. The van der Waals surface area contributed by atoms with Crippen molar-refractivity contribution in [2.45, 2.75) is 33.0 Å². The van der Waals surface area contributed by atoms with E-state index in [2.05, 4.69) is 58.8 Å². The van der Waals surface area contributed by atoms with Gasteiger partial charge in [0.05, 0.1) is 12.2 Å². The monoisotopic (exact) mass is 296 g/mol. The molecule has 1 saturated heterocycles. The molecule has 4 rings (SSSR count). The molecule has 114 valence electrons. The molecule has 0 spiro atoms. The van der Waals surface area contributed by atoms with Crippen molar-refractivity contribution in [3.63, 3.8) is 0 Å². The maximum Gasteiger partial charge on any atom is 0.156 e. The Morgan fingerprint density at radius 2 is 1.95 bits per heavy atom. The van der Waals surface area contributed by atoms with Gasteiger partial charge in [-0.1, -0.05) is 11.6 Å². The average Bonchev–Trinajstić information content (AvgIpc) is 2.84. The van der Waals surface area contributed by atoms with Gasteiger partial charge in [0.1, 0.15) is 17.4 Å². The van der Waals surface area contributed by atoms with Gasteiger partial charge in [-0.05, 0) is 32.9 Å². The van der Waals surface area contributed by atoms with Crippen LogP contribution in [0.3, 0.4) is 0 Å². The number of fused-ring (bicyclic) bond motifs is 3. The second kappa shape index (κ2) is 4.95. The lowest BCUT2D eigenvalue weighted by Crippen LogP contribution is -2.46. The summed E-state index contributed by atoms with van der Waals surface area (Å²) < 4.78 is 5.83. The van der Waals surface area contributed by atoms with Gasteiger partial charge in [0.15, 0.2) is 5.82 Å². The van der Waals surface area contributed by atoms with Crippen molar-refractivity contribution in [3.05, 3.63) is 30.1 Å². The highest BCUT2D eigenvalue weighted by Gasteiger charge is 2.25. The number of benzene rings is 1. The zero-order valence-corrected chi connectivity index (χ0v) is 13.1. The minimum absolute atomic E-state index is 0.209. The normalized spacial score (nSPS) is 22.6. The summed E-state index contributed by atoms with van der Waals surface area (Å²) in [5, 5.41) is 1.16. The summed E-state index contributed by atoms with van der Waals surface area (Å²) >= 11 is 0. The molecule has 0 radical (unpaired) electrons. The van der Waals surface area contributed by atoms with Crippen LogP contribution in [0.2, 0.25) is 0 Å². The van der Waals surface area contributed by atoms with Gasteiger partial charge >= 0.3 is 0 Å². The van der Waals surface area contributed by atoms with Crippen LogP contribution < -0.4 is 4.90 Å². The van der Waals surface area contributed by atoms with Crippen LogP contribution in [0.5, 0.6) is 0 Å². The molecule has 1 aliphatic rings. The van der Waals surface area contributed by atoms with Crippen LogP contribution in [0.4, 0.5) is 5.82 Å². The number of aryl methyl sites for hydroxylation is 1. The summed E-state index contributed by atoms with van der Waals surface area (Å²) in [5.74, 6) is 0.973. The van der Waals surface area contributed by atoms with Gasteiger partial charge in [-0.2, -0.15) is 0 Å². The number of rotatable bonds is 1. The molecule has 3 heterocycles. The highest BCUT2D eigenvalue weighted by Crippen LogP contribution is 2.30. The van der Waals surface area contributed by atoms with Crippen molar-refractivity contribution < 1.29 is 4.74 Å². The zero-order chi connectivity index (χ0) is 15.3. The third kappa shape index (κ3) is 2.13. The van der Waals surface area contributed by atoms with E-state index in [1.165, 1.54) is 5.56 Å². The highest BCUT2D eigenvalue weighted by molar-refractivity contribution is 6.08. The smallest absolute Gasteiger partial charge is 0.156 e. The molecule has 5 heteroatoms. The molecule has 1 aromatic carbocycles. The fraction of sp³-hybridized carbons (Fsp3) is 0.412. The van der Waals surface area contributed by atoms with E-state index in [-0.39, 0.29) is 12.2 Å². The molecule has 1 fully saturated rings. The molecule has 0 saturated carbocycles. The maximum absolute atomic E-state index is 5.83. The number of aromatic nitrogens is 3. The van der Waals surface area contributed by atoms with E-state index in [4.69, 9.17) is 4.74 Å². The standard InChI is InChI=1S/C17H20N4O/c1-10-4-5-14-13(6-10)15-16(20-14)17(19-9-18-15)21-7-11(2)22-12(3)8-21/h4-6,9,11-12,20H,7-8H2,1-3H3/t11-,12-/m1/s1. The molecular formula is C17H20N4O. The SMILES string of the molecule is Cc1ccc2[nH]c3c(N4C[C@@H](C)O[C@H](C)C4)ncnc3c2c1. The van der Waals surface area contributed by atoms with Crippen LogP contribution in [0.25, 0.3) is 21.9 Å². The Hall–Kier alpha value is -2.14. The number of nitrogens with zero attached hydrogens (tertiary/aromatic N) is 3. The van der Waals surface area contributed by atoms with Crippen LogP contribution in [0.15, 0.2) is 24.5 Å². The first-order valence-corrected chi connectivity index (χ1v) is 7.75. The number of morpholine rings is 1. The summed E-state index contributed by atoms with van der Waals surface area (Å²) in [7, 11) is 0. The van der Waals surface area contributed by atoms with Gasteiger partial charge in [0, 0.05) is 24.0 Å². The number of ether oxygens (including phenoxy) is 1. The van der Waals surface area contributed by atoms with Gasteiger partial charge in [-0.15, -0.1) is 0 Å². The zero-order valence-electron chi connectivity index (χ0n) is 13.1. The molecule has 0 amide bonds. The molecular weight excluding hydrogens is 276 g/mol. The topological polar surface area (TPSA) is 54.0 Å². The Bertz CT molecular complexity index is 831. The Morgan fingerprint density at radius 3 is 2.73 bits per heavy atom. The largest absolute Gasteiger partial charge is 0.372 e. The molecule has 0 bridgehead atoms. The first kappa shape index (κ1) is 13.5. The average molecular weight is 296 g/mol. The Morgan fingerprint density at radius 1 is 1.18 bits per heavy atom. The van der Waals surface area contributed by atoms with Gasteiger partial charge in [0.25, 0.3) is 0 Å². The van der Waals surface area contributed by atoms with E-state index in [0.29, 0.717) is 0 Å². The fourth-order valence-corrected chi connectivity index (χ4v) is 3.38. The second-order valence-electron chi connectivity index (χ2n) is 6.26. The summed E-state index contributed by atoms with van der Waals surface area (Å²) in [5.41, 5.74) is 4.36. The van der Waals surface area contributed by atoms with E-state index in [1.807, 2.05) is 0 Å². The predicted octanol–water partition coefficient (Wildman–Crippen LogP) is 3.03. The summed E-state index contributed by atoms with van der Waals surface area (Å²) in [4.78, 5) is 14.8. The number of nitrogens with one attached hydrogen (secondary N) is 1. The van der Waals surface area contributed by atoms with Crippen molar-refractivity contribution in [3.8, 4) is 0 Å². The molecule has 3 aromatic rings. The third-order valence-electron chi connectivity index (χ3n) is 4.24. The molecule has 0 aliphatic carbocycles. The summed E-state index contributed by atoms with van der Waals surface area (Å²) in [6.45, 7) is 8.02. The number of aromatic amines is 1. The second-order valence-corrected chi connectivity index (χ2v) is 6.26. The summed E-state index contributed by atoms with van der Waals surface area (Å²) in [6, 6.07) is 6.40. The number of anilines is 1. The lowest BCUT2D eigenvalue weighted by atomic mass is 10.1. The van der Waals surface area contributed by atoms with Crippen molar-refractivity contribution in [1.82, 2.24) is 15.0 Å². The first-order chi connectivity index (χ1) is 10.6. The van der Waals surface area contributed by atoms with Gasteiger partial charge in [-0.25, -0.2) is 9.97 Å². The van der Waals surface area contributed by atoms with E-state index in [1.54, 1.807) is 6.33 Å². The minimum Gasteiger partial charge on any atom is -0.372 e. The van der Waals surface area contributed by atoms with Crippen molar-refractivity contribution in [2.24, 2.45) is 0 Å². The van der Waals surface area contributed by atoms with Crippen LogP contribution in [0, 0.1) is 6.92 Å². The van der Waals surface area contributed by atoms with E-state index < -0.39 is 0 Å². The van der Waals surface area contributed by atoms with Gasteiger partial charge in [-0.3, -0.25) is 0 Å². The Labute approximate surface area is 129 Å². The summed E-state index contributed by atoms with van der Waals surface area (Å²) in [6.07, 6.45) is 2.08. The first-order valence-electron chi connectivity index (χ1n) is 7.75. The van der Waals surface area contributed by atoms with Crippen LogP contribution in [-0.4, -0.2) is 40.2 Å². The fourth-order valence-electron chi connectivity index (χ4n) is 3.38. The molecule has 0 unspecified atom stereocenters. The molecule has 2 aromatic heterocycles. The lowest BCUT2D eigenvalue weighted by molar-refractivity contribution is -0.00537. The molecule has 5 nitrogen and oxygen atoms in total. The van der Waals surface area contributed by atoms with Crippen molar-refractivity contribution in [2.75, 3.05) is 18.0 Å². The Kier molecular flexibility index (Phi) is 3.04. The third-order valence-corrected chi connectivity index (χ3v) is 4.24. The molecule has 1 aliphatic heterocycles. The van der Waals surface area contributed by atoms with Crippen LogP contribution in [0.1, 0.15) is 19.4 Å². The van der Waals surface area contributed by atoms with E-state index >= 15 is 0 Å². The van der Waals surface area contributed by atoms with E-state index in [9.17, 15) is 0 Å². The Balaban J connectivity index is 1.89. The number of hydrogen-bond acceptors (Lipinski definition) is 4. The van der Waals surface area contributed by atoms with Crippen LogP contribution >= 0.6 is 0 Å². The van der Waals surface area contributed by atoms with Crippen LogP contribution in [-0.2, 0) is 4.74 Å². The molecule has 1 N–H and O–H groups in total. The van der Waals surface area contributed by atoms with Gasteiger partial charge < -0.3 is 14.6 Å². The van der Waals surface area contributed by atoms with Crippen molar-refractivity contribution >= 4 is 27.8 Å². The lowest BCUT2D eigenvalue weighted by Gasteiger charge is -2.36. The molecule has 2 atom stereocenters. The number of hydrogen-bond donors (Lipinski definition) is 1. The van der Waals surface area contributed by atoms with Crippen molar-refractivity contribution in [1.29, 1.82) is 0 Å². The molecule has 22 heavy (non-hydrogen) atoms. The highest BCUT2D eigenvalue weighted by atomic mass is 16.5. The predicted molar refractivity (Wildman–Crippen MR) is 88.4 cm³/mol.